The van der Waals surface area contributed by atoms with Crippen molar-refractivity contribution in [2.24, 2.45) is 0 Å². The number of allylic oxidation sites excluding steroid dienone is 2. The van der Waals surface area contributed by atoms with Crippen LogP contribution in [0.1, 0.15) is 108 Å². The number of unbranched alkanes of at least 4 members (excludes halogenated alkanes) is 12. The molecule has 0 amide bonds. The van der Waals surface area contributed by atoms with Crippen molar-refractivity contribution in [3.05, 3.63) is 29.9 Å². The Morgan fingerprint density at radius 2 is 1.38 bits per heavy atom. The molecule has 1 rings (SSSR count). The minimum absolute atomic E-state index is 0.168. The molecule has 0 atom stereocenters. The fourth-order valence-electron chi connectivity index (χ4n) is 3.33. The van der Waals surface area contributed by atoms with E-state index in [9.17, 15) is 0 Å². The summed E-state index contributed by atoms with van der Waals surface area (Å²) in [5.74, 6) is 0.909. The Balaban J connectivity index is 1.81. The van der Waals surface area contributed by atoms with Gasteiger partial charge in [0.05, 0.1) is 6.61 Å². The Morgan fingerprint density at radius 3 is 2.00 bits per heavy atom. The number of aliphatic hydroxyl groups excluding tert-OH is 1. The van der Waals surface area contributed by atoms with Crippen LogP contribution in [0.4, 0.5) is 0 Å². The molecule has 1 heterocycles. The number of H-pyrrole nitrogens is 1. The summed E-state index contributed by atoms with van der Waals surface area (Å²) in [6, 6.07) is 0. The molecule has 2 N–H and O–H groups in total. The van der Waals surface area contributed by atoms with Gasteiger partial charge in [0.1, 0.15) is 5.82 Å². The van der Waals surface area contributed by atoms with Gasteiger partial charge in [0.25, 0.3) is 0 Å². The molecule has 0 radical (unpaired) electrons. The molecule has 0 aliphatic carbocycles. The molecule has 1 aromatic rings. The van der Waals surface area contributed by atoms with Crippen LogP contribution < -0.4 is 0 Å². The molecule has 3 heteroatoms. The summed E-state index contributed by atoms with van der Waals surface area (Å²) < 4.78 is 0. The summed E-state index contributed by atoms with van der Waals surface area (Å²) >= 11 is 0. The second kappa shape index (κ2) is 17.3. The quantitative estimate of drug-likeness (QED) is 0.230. The molecule has 0 saturated heterocycles. The van der Waals surface area contributed by atoms with E-state index in [-0.39, 0.29) is 6.61 Å². The van der Waals surface area contributed by atoms with Gasteiger partial charge in [-0.1, -0.05) is 76.9 Å². The molecule has 0 spiro atoms. The Hall–Kier alpha value is -1.09. The van der Waals surface area contributed by atoms with Crippen molar-refractivity contribution >= 4 is 0 Å². The van der Waals surface area contributed by atoms with Gasteiger partial charge in [-0.15, -0.1) is 0 Å². The van der Waals surface area contributed by atoms with E-state index in [0.29, 0.717) is 6.42 Å². The van der Waals surface area contributed by atoms with Crippen molar-refractivity contribution in [3.8, 4) is 0 Å². The predicted octanol–water partition coefficient (Wildman–Crippen LogP) is 6.52. The van der Waals surface area contributed by atoms with Gasteiger partial charge in [0.15, 0.2) is 0 Å². The summed E-state index contributed by atoms with van der Waals surface area (Å²) in [5.41, 5.74) is 1.21. The number of imidazole rings is 1. The van der Waals surface area contributed by atoms with Gasteiger partial charge in [0, 0.05) is 18.3 Å². The third kappa shape index (κ3) is 13.2. The highest BCUT2D eigenvalue weighted by Crippen LogP contribution is 2.11. The molecular formula is C23H42N2O. The highest BCUT2D eigenvalue weighted by molar-refractivity contribution is 5.01. The molecule has 0 bridgehead atoms. The van der Waals surface area contributed by atoms with E-state index in [1.165, 1.54) is 95.6 Å². The van der Waals surface area contributed by atoms with Crippen LogP contribution in [0.5, 0.6) is 0 Å². The zero-order valence-corrected chi connectivity index (χ0v) is 17.1. The van der Waals surface area contributed by atoms with Crippen molar-refractivity contribution in [1.82, 2.24) is 9.97 Å². The van der Waals surface area contributed by atoms with E-state index in [1.807, 2.05) is 6.20 Å². The zero-order chi connectivity index (χ0) is 18.7. The lowest BCUT2D eigenvalue weighted by atomic mass is 10.1. The monoisotopic (exact) mass is 362 g/mol. The first kappa shape index (κ1) is 23.0. The molecular weight excluding hydrogens is 320 g/mol. The number of hydrogen-bond donors (Lipinski definition) is 2. The number of nitrogens with one attached hydrogen (secondary N) is 1. The lowest BCUT2D eigenvalue weighted by molar-refractivity contribution is 0.297. The number of rotatable bonds is 18. The van der Waals surface area contributed by atoms with Crippen LogP contribution in [0.15, 0.2) is 18.3 Å². The maximum Gasteiger partial charge on any atom is 0.108 e. The van der Waals surface area contributed by atoms with Gasteiger partial charge in [-0.05, 0) is 38.5 Å². The van der Waals surface area contributed by atoms with Gasteiger partial charge < -0.3 is 10.1 Å². The Morgan fingerprint density at radius 1 is 0.808 bits per heavy atom. The third-order valence-electron chi connectivity index (χ3n) is 4.99. The fraction of sp³-hybridized carbons (Fsp3) is 0.783. The zero-order valence-electron chi connectivity index (χ0n) is 17.1. The average molecular weight is 363 g/mol. The Bertz CT molecular complexity index is 439. The summed E-state index contributed by atoms with van der Waals surface area (Å²) in [6.07, 6.45) is 27.3. The average Bonchev–Trinajstić information content (AvgIpc) is 3.09. The van der Waals surface area contributed by atoms with Crippen LogP contribution >= 0.6 is 0 Å². The van der Waals surface area contributed by atoms with Gasteiger partial charge in [-0.3, -0.25) is 0 Å². The Kier molecular flexibility index (Phi) is 15.3. The van der Waals surface area contributed by atoms with Crippen molar-refractivity contribution in [2.75, 3.05) is 6.61 Å². The van der Waals surface area contributed by atoms with Gasteiger partial charge in [0.2, 0.25) is 0 Å². The largest absolute Gasteiger partial charge is 0.396 e. The van der Waals surface area contributed by atoms with Crippen molar-refractivity contribution in [1.29, 1.82) is 0 Å². The first-order chi connectivity index (χ1) is 12.9. The fourth-order valence-corrected chi connectivity index (χ4v) is 3.33. The molecule has 0 fully saturated rings. The highest BCUT2D eigenvalue weighted by Gasteiger charge is 2.00. The molecule has 26 heavy (non-hydrogen) atoms. The molecule has 150 valence electrons. The number of hydrogen-bond acceptors (Lipinski definition) is 2. The van der Waals surface area contributed by atoms with E-state index >= 15 is 0 Å². The number of aliphatic hydroxyl groups is 1. The second-order valence-electron chi connectivity index (χ2n) is 7.52. The van der Waals surface area contributed by atoms with Crippen molar-refractivity contribution in [2.45, 2.75) is 110 Å². The van der Waals surface area contributed by atoms with Gasteiger partial charge in [-0.2, -0.15) is 0 Å². The smallest absolute Gasteiger partial charge is 0.108 e. The summed E-state index contributed by atoms with van der Waals surface area (Å²) in [5, 5.41) is 8.89. The number of nitrogens with zero attached hydrogens (tertiary/aromatic N) is 1. The first-order valence-corrected chi connectivity index (χ1v) is 11.2. The topological polar surface area (TPSA) is 48.9 Å². The molecule has 0 saturated carbocycles. The third-order valence-corrected chi connectivity index (χ3v) is 4.99. The molecule has 1 aromatic heterocycles. The van der Waals surface area contributed by atoms with Crippen molar-refractivity contribution < 1.29 is 5.11 Å². The lowest BCUT2D eigenvalue weighted by Crippen LogP contribution is -1.93. The maximum atomic E-state index is 8.89. The minimum atomic E-state index is 0.168. The molecule has 0 aliphatic heterocycles. The van der Waals surface area contributed by atoms with E-state index < -0.39 is 0 Å². The molecule has 3 nitrogen and oxygen atoms in total. The summed E-state index contributed by atoms with van der Waals surface area (Å²) in [7, 11) is 0. The Labute approximate surface area is 161 Å². The SMILES string of the molecule is CCCCCCCCC=CCCCCCCCCc1cnc(CCO)[nH]1. The van der Waals surface area contributed by atoms with E-state index in [0.717, 1.165) is 12.2 Å². The maximum absolute atomic E-state index is 8.89. The van der Waals surface area contributed by atoms with E-state index in [2.05, 4.69) is 29.0 Å². The first-order valence-electron chi connectivity index (χ1n) is 11.2. The van der Waals surface area contributed by atoms with Crippen LogP contribution in [0.25, 0.3) is 0 Å². The normalized spacial score (nSPS) is 11.6. The van der Waals surface area contributed by atoms with Gasteiger partial charge >= 0.3 is 0 Å². The highest BCUT2D eigenvalue weighted by atomic mass is 16.3. The molecule has 0 unspecified atom stereocenters. The van der Waals surface area contributed by atoms with Crippen LogP contribution in [0.3, 0.4) is 0 Å². The molecule has 0 aliphatic rings. The lowest BCUT2D eigenvalue weighted by Gasteiger charge is -2.01. The van der Waals surface area contributed by atoms with E-state index in [1.54, 1.807) is 0 Å². The number of aromatic amines is 1. The van der Waals surface area contributed by atoms with Crippen LogP contribution in [0, 0.1) is 0 Å². The van der Waals surface area contributed by atoms with Crippen LogP contribution in [0.2, 0.25) is 0 Å². The summed E-state index contributed by atoms with van der Waals surface area (Å²) in [6.45, 7) is 2.45. The number of aromatic nitrogens is 2. The number of aryl methyl sites for hydroxylation is 1. The van der Waals surface area contributed by atoms with E-state index in [4.69, 9.17) is 5.11 Å². The van der Waals surface area contributed by atoms with Crippen LogP contribution in [-0.4, -0.2) is 21.7 Å². The molecule has 0 aromatic carbocycles. The minimum Gasteiger partial charge on any atom is -0.396 e. The standard InChI is InChI=1S/C23H42N2O/c1-2-3-4-5-6-7-8-9-10-11-12-13-14-15-16-17-18-22-21-24-23(25-22)19-20-26/h9-10,21,26H,2-8,11-20H2,1H3,(H,24,25). The van der Waals surface area contributed by atoms with Gasteiger partial charge in [-0.25, -0.2) is 4.98 Å². The second-order valence-corrected chi connectivity index (χ2v) is 7.52. The predicted molar refractivity (Wildman–Crippen MR) is 113 cm³/mol. The summed E-state index contributed by atoms with van der Waals surface area (Å²) in [4.78, 5) is 7.56. The van der Waals surface area contributed by atoms with Crippen LogP contribution in [-0.2, 0) is 12.8 Å². The van der Waals surface area contributed by atoms with Crippen molar-refractivity contribution in [3.63, 3.8) is 0 Å².